The zero-order valence-corrected chi connectivity index (χ0v) is 17.2. The van der Waals surface area contributed by atoms with E-state index < -0.39 is 17.7 Å². The number of rotatable bonds is 4. The van der Waals surface area contributed by atoms with Crippen molar-refractivity contribution in [2.45, 2.75) is 32.4 Å². The number of amides is 2. The molecule has 0 bridgehead atoms. The Balaban J connectivity index is 1.64. The van der Waals surface area contributed by atoms with Crippen LogP contribution in [0.5, 0.6) is 0 Å². The number of alkyl halides is 2. The van der Waals surface area contributed by atoms with Crippen molar-refractivity contribution in [3.63, 3.8) is 0 Å². The maximum Gasteiger partial charge on any atom is 0.277 e. The molecule has 8 nitrogen and oxygen atoms in total. The van der Waals surface area contributed by atoms with Crippen molar-refractivity contribution < 1.29 is 18.4 Å². The molecule has 2 aromatic heterocycles. The molecule has 1 atom stereocenters. The van der Waals surface area contributed by atoms with Gasteiger partial charge in [-0.25, -0.2) is 13.8 Å². The molecule has 1 aromatic carbocycles. The summed E-state index contributed by atoms with van der Waals surface area (Å²) in [5, 5.41) is 15.8. The van der Waals surface area contributed by atoms with Crippen molar-refractivity contribution in [2.75, 3.05) is 10.2 Å². The predicted octanol–water partition coefficient (Wildman–Crippen LogP) is 3.56. The molecule has 1 aliphatic heterocycles. The topological polar surface area (TPSA) is 104 Å². The van der Waals surface area contributed by atoms with Crippen molar-refractivity contribution in [1.29, 1.82) is 5.26 Å². The van der Waals surface area contributed by atoms with Crippen LogP contribution >= 0.6 is 0 Å². The molecule has 0 spiro atoms. The molecule has 4 rings (SSSR count). The monoisotopic (exact) mass is 436 g/mol. The number of hydrogen-bond donors (Lipinski definition) is 1. The second kappa shape index (κ2) is 7.85. The van der Waals surface area contributed by atoms with Gasteiger partial charge in [-0.3, -0.25) is 14.3 Å². The second-order valence-electron chi connectivity index (χ2n) is 7.54. The van der Waals surface area contributed by atoms with Crippen LogP contribution in [-0.4, -0.2) is 32.6 Å². The molecule has 1 aliphatic rings. The summed E-state index contributed by atoms with van der Waals surface area (Å²) in [5.41, 5.74) is 0.946. The fourth-order valence-corrected chi connectivity index (χ4v) is 3.62. The third-order valence-corrected chi connectivity index (χ3v) is 5.17. The highest BCUT2D eigenvalue weighted by Crippen LogP contribution is 2.31. The van der Waals surface area contributed by atoms with Gasteiger partial charge in [-0.15, -0.1) is 0 Å². The van der Waals surface area contributed by atoms with Gasteiger partial charge in [0.1, 0.15) is 17.5 Å². The largest absolute Gasteiger partial charge is 0.322 e. The van der Waals surface area contributed by atoms with E-state index in [2.05, 4.69) is 15.4 Å². The number of anilines is 2. The standard InChI is InChI=1S/C22H18F2N6O2/c1-13-12-29-19(21(32)30(13)17-5-3-14(4-6-17)22(2,23)24)18(11-27-29)20(31)28-15-7-8-26-16(9-15)10-25/h3-9,11,13H,12H2,1-2H3,(H,26,28,31)/t13-/m0/s1. The predicted molar refractivity (Wildman–Crippen MR) is 111 cm³/mol. The summed E-state index contributed by atoms with van der Waals surface area (Å²) in [6.45, 7) is 2.95. The van der Waals surface area contributed by atoms with E-state index in [9.17, 15) is 18.4 Å². The number of carbonyl (C=O) groups is 2. The molecule has 162 valence electrons. The molecule has 1 N–H and O–H groups in total. The minimum atomic E-state index is -2.99. The molecule has 0 unspecified atom stereocenters. The Morgan fingerprint density at radius 2 is 2.00 bits per heavy atom. The lowest BCUT2D eigenvalue weighted by atomic mass is 10.1. The van der Waals surface area contributed by atoms with Crippen LogP contribution in [0.4, 0.5) is 20.2 Å². The number of carbonyl (C=O) groups excluding carboxylic acids is 2. The Hall–Kier alpha value is -4.13. The number of nitrogens with zero attached hydrogens (tertiary/aromatic N) is 5. The highest BCUT2D eigenvalue weighted by Gasteiger charge is 2.36. The van der Waals surface area contributed by atoms with E-state index >= 15 is 0 Å². The van der Waals surface area contributed by atoms with Gasteiger partial charge in [-0.1, -0.05) is 12.1 Å². The number of hydrogen-bond acceptors (Lipinski definition) is 5. The minimum Gasteiger partial charge on any atom is -0.322 e. The molecule has 0 fully saturated rings. The van der Waals surface area contributed by atoms with Crippen LogP contribution < -0.4 is 10.2 Å². The van der Waals surface area contributed by atoms with Crippen LogP contribution in [0.3, 0.4) is 0 Å². The van der Waals surface area contributed by atoms with Crippen LogP contribution in [0.15, 0.2) is 48.8 Å². The molecular weight excluding hydrogens is 418 g/mol. The maximum atomic E-state index is 13.5. The second-order valence-corrected chi connectivity index (χ2v) is 7.54. The Morgan fingerprint density at radius 3 is 2.66 bits per heavy atom. The number of nitrogens with one attached hydrogen (secondary N) is 1. The summed E-state index contributed by atoms with van der Waals surface area (Å²) in [7, 11) is 0. The molecule has 0 saturated heterocycles. The summed E-state index contributed by atoms with van der Waals surface area (Å²) in [4.78, 5) is 31.5. The zero-order valence-electron chi connectivity index (χ0n) is 17.2. The third kappa shape index (κ3) is 3.80. The van der Waals surface area contributed by atoms with Crippen LogP contribution in [0.2, 0.25) is 0 Å². The Labute approximate surface area is 182 Å². The van der Waals surface area contributed by atoms with Crippen LogP contribution in [-0.2, 0) is 12.5 Å². The Kier molecular flexibility index (Phi) is 5.18. The molecular formula is C22H18F2N6O2. The van der Waals surface area contributed by atoms with E-state index in [-0.39, 0.29) is 28.6 Å². The summed E-state index contributed by atoms with van der Waals surface area (Å²) in [6, 6.07) is 10.0. The first-order valence-electron chi connectivity index (χ1n) is 9.74. The molecule has 10 heteroatoms. The van der Waals surface area contributed by atoms with Crippen molar-refractivity contribution in [1.82, 2.24) is 14.8 Å². The van der Waals surface area contributed by atoms with Gasteiger partial charge < -0.3 is 10.2 Å². The first kappa shape index (κ1) is 21.1. The molecule has 0 aliphatic carbocycles. The minimum absolute atomic E-state index is 0.0685. The fourth-order valence-electron chi connectivity index (χ4n) is 3.62. The van der Waals surface area contributed by atoms with E-state index in [1.807, 2.05) is 13.0 Å². The molecule has 32 heavy (non-hydrogen) atoms. The lowest BCUT2D eigenvalue weighted by Gasteiger charge is -2.34. The van der Waals surface area contributed by atoms with Gasteiger partial charge in [-0.05, 0) is 31.2 Å². The number of pyridine rings is 1. The van der Waals surface area contributed by atoms with Crippen LogP contribution in [0.25, 0.3) is 0 Å². The summed E-state index contributed by atoms with van der Waals surface area (Å²) in [5.74, 6) is -4.02. The first-order chi connectivity index (χ1) is 15.2. The van der Waals surface area contributed by atoms with E-state index in [0.29, 0.717) is 17.9 Å². The van der Waals surface area contributed by atoms with E-state index in [1.165, 1.54) is 58.4 Å². The van der Waals surface area contributed by atoms with Crippen molar-refractivity contribution in [3.8, 4) is 6.07 Å². The highest BCUT2D eigenvalue weighted by atomic mass is 19.3. The highest BCUT2D eigenvalue weighted by molar-refractivity contribution is 6.15. The quantitative estimate of drug-likeness (QED) is 0.674. The summed E-state index contributed by atoms with van der Waals surface area (Å²) >= 11 is 0. The molecule has 0 saturated carbocycles. The number of fused-ring (bicyclic) bond motifs is 1. The van der Waals surface area contributed by atoms with Gasteiger partial charge in [0.25, 0.3) is 17.7 Å². The van der Waals surface area contributed by atoms with Gasteiger partial charge in [0.15, 0.2) is 0 Å². The average Bonchev–Trinajstić information content (AvgIpc) is 3.18. The summed E-state index contributed by atoms with van der Waals surface area (Å²) in [6.07, 6.45) is 2.70. The van der Waals surface area contributed by atoms with Gasteiger partial charge in [0.05, 0.1) is 24.3 Å². The van der Waals surface area contributed by atoms with E-state index in [0.717, 1.165) is 6.92 Å². The number of halogens is 2. The van der Waals surface area contributed by atoms with Gasteiger partial charge >= 0.3 is 0 Å². The van der Waals surface area contributed by atoms with Crippen LogP contribution in [0, 0.1) is 11.3 Å². The molecule has 3 aromatic rings. The fraction of sp³-hybridized carbons (Fsp3) is 0.227. The lowest BCUT2D eigenvalue weighted by molar-refractivity contribution is 0.0175. The Bertz CT molecular complexity index is 1240. The van der Waals surface area contributed by atoms with Crippen molar-refractivity contribution in [2.24, 2.45) is 0 Å². The Morgan fingerprint density at radius 1 is 1.28 bits per heavy atom. The first-order valence-corrected chi connectivity index (χ1v) is 9.74. The molecule has 3 heterocycles. The van der Waals surface area contributed by atoms with Crippen molar-refractivity contribution in [3.05, 3.63) is 71.3 Å². The molecule has 2 amide bonds. The lowest BCUT2D eigenvalue weighted by Crippen LogP contribution is -2.47. The zero-order chi connectivity index (χ0) is 23.0. The maximum absolute atomic E-state index is 13.5. The SMILES string of the molecule is C[C@H]1Cn2ncc(C(=O)Nc3ccnc(C#N)c3)c2C(=O)N1c1ccc(C(C)(F)F)cc1. The average molecular weight is 436 g/mol. The van der Waals surface area contributed by atoms with Gasteiger partial charge in [0.2, 0.25) is 0 Å². The van der Waals surface area contributed by atoms with Gasteiger partial charge in [-0.2, -0.15) is 10.4 Å². The smallest absolute Gasteiger partial charge is 0.277 e. The normalized spacial score (nSPS) is 15.8. The number of benzene rings is 1. The van der Waals surface area contributed by atoms with E-state index in [1.54, 1.807) is 0 Å². The van der Waals surface area contributed by atoms with E-state index in [4.69, 9.17) is 5.26 Å². The van der Waals surface area contributed by atoms with Gasteiger partial charge in [0, 0.05) is 30.1 Å². The number of aromatic nitrogens is 3. The third-order valence-electron chi connectivity index (χ3n) is 5.17. The summed E-state index contributed by atoms with van der Waals surface area (Å²) < 4.78 is 28.6. The van der Waals surface area contributed by atoms with Crippen molar-refractivity contribution >= 4 is 23.2 Å². The molecule has 0 radical (unpaired) electrons. The number of nitriles is 1. The van der Waals surface area contributed by atoms with Crippen LogP contribution in [0.1, 0.15) is 46.0 Å².